The van der Waals surface area contributed by atoms with E-state index in [0.717, 1.165) is 25.2 Å². The van der Waals surface area contributed by atoms with Crippen molar-refractivity contribution in [3.63, 3.8) is 0 Å². The predicted molar refractivity (Wildman–Crippen MR) is 91.5 cm³/mol. The van der Waals surface area contributed by atoms with Gasteiger partial charge in [0, 0.05) is 18.7 Å². The topological polar surface area (TPSA) is 46.4 Å². The van der Waals surface area contributed by atoms with Crippen LogP contribution in [0.1, 0.15) is 35.4 Å². The standard InChI is InChI=1S/C19H22N2O2/c1-15-2-6-17(7-3-15)18-10-12-20(13-11-18)14-16-4-8-19(9-5-16)21(22)23/h2-9,18H,10-14H2,1H3. The van der Waals surface area contributed by atoms with Crippen LogP contribution in [-0.2, 0) is 6.54 Å². The van der Waals surface area contributed by atoms with Gasteiger partial charge in [-0.1, -0.05) is 42.0 Å². The van der Waals surface area contributed by atoms with Gasteiger partial charge in [0.15, 0.2) is 0 Å². The first-order valence-electron chi connectivity index (χ1n) is 8.14. The summed E-state index contributed by atoms with van der Waals surface area (Å²) in [5.41, 5.74) is 4.06. The van der Waals surface area contributed by atoms with Crippen LogP contribution in [0.3, 0.4) is 0 Å². The lowest BCUT2D eigenvalue weighted by molar-refractivity contribution is -0.384. The van der Waals surface area contributed by atoms with E-state index in [1.165, 1.54) is 24.0 Å². The summed E-state index contributed by atoms with van der Waals surface area (Å²) in [4.78, 5) is 12.8. The molecular weight excluding hydrogens is 288 g/mol. The number of rotatable bonds is 4. The molecule has 1 aliphatic rings. The Morgan fingerprint density at radius 2 is 1.65 bits per heavy atom. The average Bonchev–Trinajstić information content (AvgIpc) is 2.57. The highest BCUT2D eigenvalue weighted by atomic mass is 16.6. The summed E-state index contributed by atoms with van der Waals surface area (Å²) in [5.74, 6) is 0.656. The highest BCUT2D eigenvalue weighted by Gasteiger charge is 2.20. The smallest absolute Gasteiger partial charge is 0.269 e. The summed E-state index contributed by atoms with van der Waals surface area (Å²) in [5, 5.41) is 10.7. The van der Waals surface area contributed by atoms with E-state index < -0.39 is 0 Å². The molecule has 0 N–H and O–H groups in total. The molecule has 0 saturated carbocycles. The van der Waals surface area contributed by atoms with Gasteiger partial charge in [0.1, 0.15) is 0 Å². The molecule has 2 aromatic rings. The Balaban J connectivity index is 1.54. The molecule has 0 aliphatic carbocycles. The van der Waals surface area contributed by atoms with Gasteiger partial charge in [-0.25, -0.2) is 0 Å². The van der Waals surface area contributed by atoms with Crippen LogP contribution in [0.5, 0.6) is 0 Å². The Kier molecular flexibility index (Phi) is 4.72. The second-order valence-electron chi connectivity index (χ2n) is 6.38. The van der Waals surface area contributed by atoms with Crippen LogP contribution in [0.4, 0.5) is 5.69 Å². The van der Waals surface area contributed by atoms with Crippen molar-refractivity contribution < 1.29 is 4.92 Å². The van der Waals surface area contributed by atoms with E-state index in [4.69, 9.17) is 0 Å². The fourth-order valence-electron chi connectivity index (χ4n) is 3.24. The van der Waals surface area contributed by atoms with Crippen LogP contribution in [0.2, 0.25) is 0 Å². The average molecular weight is 310 g/mol. The van der Waals surface area contributed by atoms with Crippen molar-refractivity contribution in [2.24, 2.45) is 0 Å². The Bertz CT molecular complexity index is 657. The number of nitro groups is 1. The Morgan fingerprint density at radius 1 is 1.04 bits per heavy atom. The van der Waals surface area contributed by atoms with E-state index in [0.29, 0.717) is 5.92 Å². The van der Waals surface area contributed by atoms with E-state index in [9.17, 15) is 10.1 Å². The molecule has 120 valence electrons. The van der Waals surface area contributed by atoms with Crippen molar-refractivity contribution in [3.8, 4) is 0 Å². The Hall–Kier alpha value is -2.20. The van der Waals surface area contributed by atoms with Crippen molar-refractivity contribution in [2.45, 2.75) is 32.2 Å². The molecule has 1 aliphatic heterocycles. The lowest BCUT2D eigenvalue weighted by atomic mass is 9.89. The van der Waals surface area contributed by atoms with Gasteiger partial charge in [-0.05, 0) is 49.9 Å². The minimum Gasteiger partial charge on any atom is -0.299 e. The number of nitrogens with zero attached hydrogens (tertiary/aromatic N) is 2. The summed E-state index contributed by atoms with van der Waals surface area (Å²) < 4.78 is 0. The number of nitro benzene ring substituents is 1. The van der Waals surface area contributed by atoms with Gasteiger partial charge in [0.05, 0.1) is 4.92 Å². The molecular formula is C19H22N2O2. The molecule has 0 aromatic heterocycles. The fourth-order valence-corrected chi connectivity index (χ4v) is 3.24. The number of aryl methyl sites for hydroxylation is 1. The van der Waals surface area contributed by atoms with E-state index in [2.05, 4.69) is 36.1 Å². The first kappa shape index (κ1) is 15.7. The summed E-state index contributed by atoms with van der Waals surface area (Å²) in [6.07, 6.45) is 2.35. The molecule has 4 heteroatoms. The van der Waals surface area contributed by atoms with Crippen LogP contribution < -0.4 is 0 Å². The van der Waals surface area contributed by atoms with Gasteiger partial charge >= 0.3 is 0 Å². The maximum atomic E-state index is 10.7. The molecule has 0 unspecified atom stereocenters. The second-order valence-corrected chi connectivity index (χ2v) is 6.38. The summed E-state index contributed by atoms with van der Waals surface area (Å²) in [7, 11) is 0. The Labute approximate surface area is 136 Å². The first-order chi connectivity index (χ1) is 11.1. The van der Waals surface area contributed by atoms with Crippen molar-refractivity contribution in [3.05, 3.63) is 75.3 Å². The number of benzene rings is 2. The molecule has 1 fully saturated rings. The van der Waals surface area contributed by atoms with Crippen LogP contribution >= 0.6 is 0 Å². The number of piperidine rings is 1. The van der Waals surface area contributed by atoms with Crippen LogP contribution in [0.25, 0.3) is 0 Å². The van der Waals surface area contributed by atoms with Crippen LogP contribution in [-0.4, -0.2) is 22.9 Å². The van der Waals surface area contributed by atoms with Gasteiger partial charge in [0.25, 0.3) is 5.69 Å². The number of hydrogen-bond acceptors (Lipinski definition) is 3. The zero-order chi connectivity index (χ0) is 16.2. The Morgan fingerprint density at radius 3 is 2.22 bits per heavy atom. The highest BCUT2D eigenvalue weighted by molar-refractivity contribution is 5.33. The normalized spacial score (nSPS) is 16.4. The third kappa shape index (κ3) is 3.96. The highest BCUT2D eigenvalue weighted by Crippen LogP contribution is 2.29. The van der Waals surface area contributed by atoms with E-state index in [1.54, 1.807) is 12.1 Å². The van der Waals surface area contributed by atoms with Gasteiger partial charge in [-0.15, -0.1) is 0 Å². The molecule has 4 nitrogen and oxygen atoms in total. The molecule has 3 rings (SSSR count). The van der Waals surface area contributed by atoms with E-state index in [-0.39, 0.29) is 10.6 Å². The first-order valence-corrected chi connectivity index (χ1v) is 8.14. The van der Waals surface area contributed by atoms with E-state index in [1.807, 2.05) is 12.1 Å². The summed E-state index contributed by atoms with van der Waals surface area (Å²) in [6.45, 7) is 5.15. The lowest BCUT2D eigenvalue weighted by Crippen LogP contribution is -2.32. The summed E-state index contributed by atoms with van der Waals surface area (Å²) in [6, 6.07) is 15.8. The van der Waals surface area contributed by atoms with Gasteiger partial charge < -0.3 is 0 Å². The van der Waals surface area contributed by atoms with Gasteiger partial charge in [-0.2, -0.15) is 0 Å². The molecule has 23 heavy (non-hydrogen) atoms. The second kappa shape index (κ2) is 6.92. The van der Waals surface area contributed by atoms with Gasteiger partial charge in [-0.3, -0.25) is 15.0 Å². The number of likely N-dealkylation sites (tertiary alicyclic amines) is 1. The SMILES string of the molecule is Cc1ccc(C2CCN(Cc3ccc([N+](=O)[O-])cc3)CC2)cc1. The fraction of sp³-hybridized carbons (Fsp3) is 0.368. The van der Waals surface area contributed by atoms with Crippen molar-refractivity contribution in [1.29, 1.82) is 0 Å². The number of hydrogen-bond donors (Lipinski definition) is 0. The minimum atomic E-state index is -0.350. The lowest BCUT2D eigenvalue weighted by Gasteiger charge is -2.32. The quantitative estimate of drug-likeness (QED) is 0.625. The molecule has 1 heterocycles. The molecule has 2 aromatic carbocycles. The third-order valence-corrected chi connectivity index (χ3v) is 4.69. The summed E-state index contributed by atoms with van der Waals surface area (Å²) >= 11 is 0. The van der Waals surface area contributed by atoms with Crippen LogP contribution in [0.15, 0.2) is 48.5 Å². The van der Waals surface area contributed by atoms with Gasteiger partial charge in [0.2, 0.25) is 0 Å². The largest absolute Gasteiger partial charge is 0.299 e. The van der Waals surface area contributed by atoms with Crippen molar-refractivity contribution in [1.82, 2.24) is 4.90 Å². The van der Waals surface area contributed by atoms with E-state index >= 15 is 0 Å². The molecule has 0 amide bonds. The minimum absolute atomic E-state index is 0.159. The molecule has 0 atom stereocenters. The maximum Gasteiger partial charge on any atom is 0.269 e. The zero-order valence-electron chi connectivity index (χ0n) is 13.4. The predicted octanol–water partition coefficient (Wildman–Crippen LogP) is 4.28. The molecule has 0 radical (unpaired) electrons. The number of non-ortho nitro benzene ring substituents is 1. The van der Waals surface area contributed by atoms with Crippen molar-refractivity contribution >= 4 is 5.69 Å². The zero-order valence-corrected chi connectivity index (χ0v) is 13.4. The molecule has 0 bridgehead atoms. The monoisotopic (exact) mass is 310 g/mol. The third-order valence-electron chi connectivity index (χ3n) is 4.69. The molecule has 1 saturated heterocycles. The van der Waals surface area contributed by atoms with Crippen LogP contribution in [0, 0.1) is 17.0 Å². The van der Waals surface area contributed by atoms with Crippen molar-refractivity contribution in [2.75, 3.05) is 13.1 Å². The molecule has 0 spiro atoms. The maximum absolute atomic E-state index is 10.7.